The molecule has 161 valence electrons. The first-order chi connectivity index (χ1) is 14.3. The summed E-state index contributed by atoms with van der Waals surface area (Å²) in [5, 5.41) is 13.2. The van der Waals surface area contributed by atoms with Crippen LogP contribution in [0.25, 0.3) is 0 Å². The molecule has 1 aromatic carbocycles. The predicted molar refractivity (Wildman–Crippen MR) is 113 cm³/mol. The minimum Gasteiger partial charge on any atom is -0.393 e. The molecule has 0 aliphatic heterocycles. The normalized spacial score (nSPS) is 15.0. The van der Waals surface area contributed by atoms with Gasteiger partial charge in [-0.05, 0) is 56.2 Å². The molecule has 2 amide bonds. The number of hydrogen-bond acceptors (Lipinski definition) is 4. The number of halogens is 1. The number of carbonyl (C=O) groups is 2. The van der Waals surface area contributed by atoms with Gasteiger partial charge in [0.2, 0.25) is 5.91 Å². The van der Waals surface area contributed by atoms with Crippen molar-refractivity contribution in [1.82, 2.24) is 10.3 Å². The van der Waals surface area contributed by atoms with E-state index in [4.69, 9.17) is 5.73 Å². The summed E-state index contributed by atoms with van der Waals surface area (Å²) in [6.45, 7) is 1.38. The number of aliphatic hydroxyl groups excluding tert-OH is 1. The van der Waals surface area contributed by atoms with Crippen LogP contribution in [0.4, 0.5) is 4.39 Å². The highest BCUT2D eigenvalue weighted by Crippen LogP contribution is 2.24. The molecule has 30 heavy (non-hydrogen) atoms. The van der Waals surface area contributed by atoms with Crippen LogP contribution in [0, 0.1) is 12.3 Å². The highest BCUT2D eigenvalue weighted by molar-refractivity contribution is 5.83. The molecular formula is C23H29FN3O3. The Bertz CT molecular complexity index is 800. The molecule has 0 spiro atoms. The number of hydrogen-bond donors (Lipinski definition) is 3. The molecule has 3 atom stereocenters. The predicted octanol–water partition coefficient (Wildman–Crippen LogP) is 2.51. The summed E-state index contributed by atoms with van der Waals surface area (Å²) >= 11 is 0. The van der Waals surface area contributed by atoms with Gasteiger partial charge in [-0.25, -0.2) is 4.39 Å². The Hall–Kier alpha value is -2.80. The van der Waals surface area contributed by atoms with Gasteiger partial charge in [0, 0.05) is 24.9 Å². The largest absolute Gasteiger partial charge is 0.393 e. The van der Waals surface area contributed by atoms with E-state index in [1.807, 2.05) is 36.4 Å². The first-order valence-electron chi connectivity index (χ1n) is 9.98. The number of benzene rings is 1. The third-order valence-corrected chi connectivity index (χ3v) is 5.03. The average Bonchev–Trinajstić information content (AvgIpc) is 2.74. The zero-order chi connectivity index (χ0) is 22.0. The minimum atomic E-state index is -2.21. The topological polar surface area (TPSA) is 105 Å². The number of aliphatic hydroxyl groups is 1. The Morgan fingerprint density at radius 1 is 1.23 bits per heavy atom. The van der Waals surface area contributed by atoms with E-state index >= 15 is 0 Å². The Balaban J connectivity index is 1.96. The molecule has 1 aromatic heterocycles. The average molecular weight is 415 g/mol. The van der Waals surface area contributed by atoms with E-state index < -0.39 is 23.6 Å². The number of aromatic nitrogens is 1. The third-order valence-electron chi connectivity index (χ3n) is 5.03. The van der Waals surface area contributed by atoms with Crippen LogP contribution >= 0.6 is 0 Å². The standard InChI is InChI=1S/C23H29FN3O3/c1-23(24,22(25)30)12-11-19(21(29)27-16-18-8-5-13-26-15-18)14-20(28)10-9-17-6-3-2-4-7-17/h2-8,10,13,15,19-20,28H,9,11-12,14,16H2,1H3,(H2,25,30)(H,27,29)/t19-,20+,23?/m1/s1. The molecule has 7 heteroatoms. The Kier molecular flexibility index (Phi) is 8.92. The van der Waals surface area contributed by atoms with Crippen molar-refractivity contribution < 1.29 is 19.1 Å². The van der Waals surface area contributed by atoms with E-state index in [-0.39, 0.29) is 31.7 Å². The van der Waals surface area contributed by atoms with E-state index in [2.05, 4.69) is 10.3 Å². The monoisotopic (exact) mass is 414 g/mol. The zero-order valence-electron chi connectivity index (χ0n) is 17.1. The number of amides is 2. The molecule has 1 radical (unpaired) electrons. The minimum absolute atomic E-state index is 0.0883. The molecule has 1 heterocycles. The van der Waals surface area contributed by atoms with Gasteiger partial charge in [0.1, 0.15) is 0 Å². The molecule has 4 N–H and O–H groups in total. The van der Waals surface area contributed by atoms with Gasteiger partial charge in [0.25, 0.3) is 5.91 Å². The maximum atomic E-state index is 14.3. The molecule has 0 bridgehead atoms. The third kappa shape index (κ3) is 7.91. The summed E-state index contributed by atoms with van der Waals surface area (Å²) in [6, 6.07) is 13.2. The van der Waals surface area contributed by atoms with Crippen LogP contribution in [-0.4, -0.2) is 33.7 Å². The quantitative estimate of drug-likeness (QED) is 0.496. The molecule has 0 saturated heterocycles. The highest BCUT2D eigenvalue weighted by atomic mass is 19.1. The first-order valence-corrected chi connectivity index (χ1v) is 9.98. The zero-order valence-corrected chi connectivity index (χ0v) is 17.1. The second-order valence-electron chi connectivity index (χ2n) is 7.60. The maximum Gasteiger partial charge on any atom is 0.254 e. The fourth-order valence-corrected chi connectivity index (χ4v) is 3.03. The lowest BCUT2D eigenvalue weighted by molar-refractivity contribution is -0.131. The molecule has 0 fully saturated rings. The summed E-state index contributed by atoms with van der Waals surface area (Å²) < 4.78 is 14.3. The van der Waals surface area contributed by atoms with E-state index in [1.165, 1.54) is 0 Å². The Morgan fingerprint density at radius 2 is 1.93 bits per heavy atom. The van der Waals surface area contributed by atoms with Gasteiger partial charge < -0.3 is 16.2 Å². The molecule has 6 nitrogen and oxygen atoms in total. The van der Waals surface area contributed by atoms with Gasteiger partial charge in [-0.3, -0.25) is 14.6 Å². The van der Waals surface area contributed by atoms with Crippen molar-refractivity contribution in [1.29, 1.82) is 0 Å². The molecule has 2 aromatic rings. The fourth-order valence-electron chi connectivity index (χ4n) is 3.03. The molecule has 0 saturated carbocycles. The van der Waals surface area contributed by atoms with Crippen LogP contribution in [0.15, 0.2) is 54.9 Å². The SMILES string of the molecule is CC(F)(CC[C@H](C[C@@H](O)[CH]Cc1ccccc1)C(=O)NCc1cccnc1)C(N)=O. The number of alkyl halides is 1. The summed E-state index contributed by atoms with van der Waals surface area (Å²) in [5.41, 5.74) is 4.76. The molecule has 0 aliphatic carbocycles. The molecule has 1 unspecified atom stereocenters. The maximum absolute atomic E-state index is 14.3. The summed E-state index contributed by atoms with van der Waals surface area (Å²) in [5.74, 6) is -2.04. The summed E-state index contributed by atoms with van der Waals surface area (Å²) in [4.78, 5) is 28.0. The van der Waals surface area contributed by atoms with Crippen LogP contribution in [-0.2, 0) is 22.6 Å². The second-order valence-corrected chi connectivity index (χ2v) is 7.60. The summed E-state index contributed by atoms with van der Waals surface area (Å²) in [6.07, 6.45) is 4.72. The van der Waals surface area contributed by atoms with E-state index in [0.29, 0.717) is 6.42 Å². The number of nitrogens with one attached hydrogen (secondary N) is 1. The van der Waals surface area contributed by atoms with Crippen molar-refractivity contribution in [3.8, 4) is 0 Å². The van der Waals surface area contributed by atoms with Gasteiger partial charge in [-0.1, -0.05) is 36.4 Å². The van der Waals surface area contributed by atoms with Gasteiger partial charge in [-0.15, -0.1) is 0 Å². The lowest BCUT2D eigenvalue weighted by atomic mass is 9.88. The van der Waals surface area contributed by atoms with Crippen molar-refractivity contribution in [2.24, 2.45) is 11.7 Å². The van der Waals surface area contributed by atoms with E-state index in [0.717, 1.165) is 18.1 Å². The first kappa shape index (κ1) is 23.5. The number of carbonyl (C=O) groups excluding carboxylic acids is 2. The van der Waals surface area contributed by atoms with Gasteiger partial charge >= 0.3 is 0 Å². The van der Waals surface area contributed by atoms with Crippen LogP contribution in [0.1, 0.15) is 37.3 Å². The lowest BCUT2D eigenvalue weighted by Crippen LogP contribution is -2.39. The van der Waals surface area contributed by atoms with Crippen molar-refractivity contribution in [2.45, 2.75) is 50.9 Å². The molecule has 0 aliphatic rings. The van der Waals surface area contributed by atoms with Gasteiger partial charge in [0.05, 0.1) is 6.10 Å². The van der Waals surface area contributed by atoms with E-state index in [9.17, 15) is 19.1 Å². The fraction of sp³-hybridized carbons (Fsp3) is 0.391. The van der Waals surface area contributed by atoms with Gasteiger partial charge in [-0.2, -0.15) is 0 Å². The summed E-state index contributed by atoms with van der Waals surface area (Å²) in [7, 11) is 0. The number of primary amides is 1. The number of pyridine rings is 1. The van der Waals surface area contributed by atoms with Crippen LogP contribution in [0.3, 0.4) is 0 Å². The highest BCUT2D eigenvalue weighted by Gasteiger charge is 2.33. The van der Waals surface area contributed by atoms with Crippen LogP contribution in [0.5, 0.6) is 0 Å². The van der Waals surface area contributed by atoms with Crippen molar-refractivity contribution in [3.63, 3.8) is 0 Å². The van der Waals surface area contributed by atoms with E-state index in [1.54, 1.807) is 24.9 Å². The smallest absolute Gasteiger partial charge is 0.254 e. The van der Waals surface area contributed by atoms with Crippen LogP contribution in [0.2, 0.25) is 0 Å². The molecule has 2 rings (SSSR count). The van der Waals surface area contributed by atoms with Crippen LogP contribution < -0.4 is 11.1 Å². The Labute approximate surface area is 176 Å². The molecular weight excluding hydrogens is 385 g/mol. The number of nitrogens with zero attached hydrogens (tertiary/aromatic N) is 1. The second kappa shape index (κ2) is 11.4. The van der Waals surface area contributed by atoms with Gasteiger partial charge in [0.15, 0.2) is 5.67 Å². The lowest BCUT2D eigenvalue weighted by Gasteiger charge is -2.23. The number of nitrogens with two attached hydrogens (primary N) is 1. The van der Waals surface area contributed by atoms with Crippen molar-refractivity contribution in [3.05, 3.63) is 72.4 Å². The number of rotatable bonds is 12. The Morgan fingerprint density at radius 3 is 2.57 bits per heavy atom. The van der Waals surface area contributed by atoms with Crippen molar-refractivity contribution >= 4 is 11.8 Å². The van der Waals surface area contributed by atoms with Crippen molar-refractivity contribution in [2.75, 3.05) is 0 Å².